The summed E-state index contributed by atoms with van der Waals surface area (Å²) in [6, 6.07) is 10.3. The molecule has 1 N–H and O–H groups in total. The average molecular weight is 385 g/mol. The van der Waals surface area contributed by atoms with Gasteiger partial charge in [-0.15, -0.1) is 10.2 Å². The second kappa shape index (κ2) is 8.30. The van der Waals surface area contributed by atoms with Crippen LogP contribution >= 0.6 is 0 Å². The Balaban J connectivity index is 1.83. The summed E-state index contributed by atoms with van der Waals surface area (Å²) in [7, 11) is 6.03. The summed E-state index contributed by atoms with van der Waals surface area (Å²) in [6.45, 7) is 0. The van der Waals surface area contributed by atoms with Crippen molar-refractivity contribution < 1.29 is 28.2 Å². The smallest absolute Gasteiger partial charge is 0.313 e. The van der Waals surface area contributed by atoms with Crippen LogP contribution in [0.25, 0.3) is 11.5 Å². The Kier molecular flexibility index (Phi) is 5.64. The van der Waals surface area contributed by atoms with Crippen LogP contribution in [0.1, 0.15) is 10.7 Å². The van der Waals surface area contributed by atoms with Gasteiger partial charge in [-0.2, -0.15) is 0 Å². The number of methoxy groups -OCH3 is 4. The summed E-state index contributed by atoms with van der Waals surface area (Å²) in [5, 5.41) is 10.4. The van der Waals surface area contributed by atoms with E-state index in [4.69, 9.17) is 23.4 Å². The molecule has 0 aliphatic heterocycles. The molecule has 1 amide bonds. The first-order valence-corrected chi connectivity index (χ1v) is 8.19. The number of hydrogen-bond donors (Lipinski definition) is 1. The third-order valence-corrected chi connectivity index (χ3v) is 3.86. The van der Waals surface area contributed by atoms with Crippen LogP contribution in [0.5, 0.6) is 23.0 Å². The second-order valence-corrected chi connectivity index (χ2v) is 5.51. The largest absolute Gasteiger partial charge is 0.497 e. The zero-order valence-electron chi connectivity index (χ0n) is 15.8. The van der Waals surface area contributed by atoms with Crippen molar-refractivity contribution in [1.82, 2.24) is 10.2 Å². The lowest BCUT2D eigenvalue weighted by molar-refractivity contribution is 0.0991. The van der Waals surface area contributed by atoms with Crippen LogP contribution in [0.3, 0.4) is 0 Å². The highest BCUT2D eigenvalue weighted by atomic mass is 16.5. The predicted octanol–water partition coefficient (Wildman–Crippen LogP) is 3.02. The predicted molar refractivity (Wildman–Crippen MR) is 100 cm³/mol. The average Bonchev–Trinajstić information content (AvgIpc) is 3.23. The molecule has 0 saturated carbocycles. The maximum absolute atomic E-state index is 12.5. The maximum atomic E-state index is 12.5. The molecule has 0 fully saturated rings. The number of carbonyl (C=O) groups is 1. The van der Waals surface area contributed by atoms with E-state index in [0.29, 0.717) is 34.2 Å². The van der Waals surface area contributed by atoms with Gasteiger partial charge in [0, 0.05) is 23.4 Å². The first kappa shape index (κ1) is 19.0. The highest BCUT2D eigenvalue weighted by Gasteiger charge is 2.19. The number of nitrogens with one attached hydrogen (secondary N) is 1. The topological polar surface area (TPSA) is 105 Å². The van der Waals surface area contributed by atoms with Gasteiger partial charge >= 0.3 is 11.8 Å². The molecule has 0 aliphatic carbocycles. The number of anilines is 1. The lowest BCUT2D eigenvalue weighted by Crippen LogP contribution is -2.12. The number of benzene rings is 2. The quantitative estimate of drug-likeness (QED) is 0.662. The lowest BCUT2D eigenvalue weighted by atomic mass is 10.2. The molecule has 9 nitrogen and oxygen atoms in total. The third-order valence-electron chi connectivity index (χ3n) is 3.86. The van der Waals surface area contributed by atoms with E-state index in [1.807, 2.05) is 0 Å². The fourth-order valence-electron chi connectivity index (χ4n) is 2.53. The highest BCUT2D eigenvalue weighted by molar-refractivity contribution is 6.01. The molecule has 0 unspecified atom stereocenters. The van der Waals surface area contributed by atoms with Crippen LogP contribution < -0.4 is 24.3 Å². The summed E-state index contributed by atoms with van der Waals surface area (Å²) in [6.07, 6.45) is 0. The van der Waals surface area contributed by atoms with E-state index in [0.717, 1.165) is 0 Å². The fourth-order valence-corrected chi connectivity index (χ4v) is 2.53. The molecule has 146 valence electrons. The van der Waals surface area contributed by atoms with Gasteiger partial charge in [0.2, 0.25) is 11.6 Å². The maximum Gasteiger partial charge on any atom is 0.313 e. The van der Waals surface area contributed by atoms with E-state index in [2.05, 4.69) is 15.5 Å². The molecule has 3 rings (SSSR count). The Hall–Kier alpha value is -3.75. The fraction of sp³-hybridized carbons (Fsp3) is 0.211. The van der Waals surface area contributed by atoms with Crippen molar-refractivity contribution in [3.05, 3.63) is 42.3 Å². The minimum Gasteiger partial charge on any atom is -0.497 e. The van der Waals surface area contributed by atoms with Crippen LogP contribution in [0, 0.1) is 0 Å². The van der Waals surface area contributed by atoms with Gasteiger partial charge in [-0.25, -0.2) is 0 Å². The van der Waals surface area contributed by atoms with Gasteiger partial charge < -0.3 is 28.7 Å². The normalized spacial score (nSPS) is 10.3. The van der Waals surface area contributed by atoms with Crippen LogP contribution in [-0.2, 0) is 0 Å². The van der Waals surface area contributed by atoms with Gasteiger partial charge in [0.1, 0.15) is 5.75 Å². The Morgan fingerprint density at radius 1 is 0.929 bits per heavy atom. The Morgan fingerprint density at radius 3 is 2.25 bits per heavy atom. The first-order valence-electron chi connectivity index (χ1n) is 8.19. The van der Waals surface area contributed by atoms with Gasteiger partial charge in [0.05, 0.1) is 28.4 Å². The van der Waals surface area contributed by atoms with Crippen molar-refractivity contribution >= 4 is 11.6 Å². The van der Waals surface area contributed by atoms with E-state index in [-0.39, 0.29) is 11.8 Å². The molecular weight excluding hydrogens is 366 g/mol. The minimum absolute atomic E-state index is 0.188. The molecular formula is C19H19N3O6. The summed E-state index contributed by atoms with van der Waals surface area (Å²) in [5.41, 5.74) is 1.05. The monoisotopic (exact) mass is 385 g/mol. The molecule has 0 bridgehead atoms. The van der Waals surface area contributed by atoms with E-state index in [1.54, 1.807) is 43.5 Å². The Morgan fingerprint density at radius 2 is 1.64 bits per heavy atom. The molecule has 0 radical (unpaired) electrons. The number of aromatic nitrogens is 2. The standard InChI is InChI=1S/C19H19N3O6/c1-24-13-7-5-6-11(8-13)18-21-22-19(28-18)17(23)20-12-9-14(25-2)16(27-4)15(10-12)26-3/h5-10H,1-4H3,(H,20,23). The molecule has 28 heavy (non-hydrogen) atoms. The van der Waals surface area contributed by atoms with Gasteiger partial charge in [-0.3, -0.25) is 4.79 Å². The highest BCUT2D eigenvalue weighted by Crippen LogP contribution is 2.40. The van der Waals surface area contributed by atoms with Crippen molar-refractivity contribution in [3.8, 4) is 34.5 Å². The summed E-state index contributed by atoms with van der Waals surface area (Å²) >= 11 is 0. The molecule has 1 heterocycles. The zero-order chi connectivity index (χ0) is 20.1. The second-order valence-electron chi connectivity index (χ2n) is 5.51. The molecule has 0 atom stereocenters. The number of hydrogen-bond acceptors (Lipinski definition) is 8. The summed E-state index contributed by atoms with van der Waals surface area (Å²) in [4.78, 5) is 12.5. The number of ether oxygens (including phenoxy) is 4. The molecule has 2 aromatic carbocycles. The number of carbonyl (C=O) groups excluding carboxylic acids is 1. The van der Waals surface area contributed by atoms with E-state index in [1.165, 1.54) is 21.3 Å². The Labute approximate surface area is 161 Å². The summed E-state index contributed by atoms with van der Waals surface area (Å²) in [5.74, 6) is 1.30. The van der Waals surface area contributed by atoms with Crippen molar-refractivity contribution in [2.75, 3.05) is 33.8 Å². The van der Waals surface area contributed by atoms with Gasteiger partial charge in [-0.1, -0.05) is 6.07 Å². The van der Waals surface area contributed by atoms with Gasteiger partial charge in [0.25, 0.3) is 0 Å². The molecule has 9 heteroatoms. The molecule has 0 saturated heterocycles. The molecule has 3 aromatic rings. The number of amides is 1. The lowest BCUT2D eigenvalue weighted by Gasteiger charge is -2.14. The third kappa shape index (κ3) is 3.83. The minimum atomic E-state index is -0.573. The first-order chi connectivity index (χ1) is 13.6. The number of nitrogens with zero attached hydrogens (tertiary/aromatic N) is 2. The van der Waals surface area contributed by atoms with Crippen molar-refractivity contribution in [2.24, 2.45) is 0 Å². The van der Waals surface area contributed by atoms with Gasteiger partial charge in [-0.05, 0) is 18.2 Å². The zero-order valence-corrected chi connectivity index (χ0v) is 15.8. The summed E-state index contributed by atoms with van der Waals surface area (Å²) < 4.78 is 26.5. The van der Waals surface area contributed by atoms with E-state index >= 15 is 0 Å². The molecule has 1 aromatic heterocycles. The molecule has 0 spiro atoms. The Bertz CT molecular complexity index is 960. The van der Waals surface area contributed by atoms with Crippen LogP contribution in [0.4, 0.5) is 5.69 Å². The van der Waals surface area contributed by atoms with E-state index < -0.39 is 5.91 Å². The van der Waals surface area contributed by atoms with Gasteiger partial charge in [0.15, 0.2) is 11.5 Å². The molecule has 0 aliphatic rings. The SMILES string of the molecule is COc1cccc(-c2nnc(C(=O)Nc3cc(OC)c(OC)c(OC)c3)o2)c1. The number of rotatable bonds is 7. The van der Waals surface area contributed by atoms with Crippen molar-refractivity contribution in [2.45, 2.75) is 0 Å². The van der Waals surface area contributed by atoms with Crippen LogP contribution in [0.15, 0.2) is 40.8 Å². The van der Waals surface area contributed by atoms with Crippen molar-refractivity contribution in [3.63, 3.8) is 0 Å². The van der Waals surface area contributed by atoms with E-state index in [9.17, 15) is 4.79 Å². The van der Waals surface area contributed by atoms with Crippen molar-refractivity contribution in [1.29, 1.82) is 0 Å². The van der Waals surface area contributed by atoms with Crippen LogP contribution in [0.2, 0.25) is 0 Å². The van der Waals surface area contributed by atoms with Crippen LogP contribution in [-0.4, -0.2) is 44.5 Å².